The number of ether oxygens (including phenoxy) is 1. The van der Waals surface area contributed by atoms with Gasteiger partial charge < -0.3 is 9.84 Å². The van der Waals surface area contributed by atoms with Gasteiger partial charge in [-0.2, -0.15) is 5.10 Å². The summed E-state index contributed by atoms with van der Waals surface area (Å²) in [6.07, 6.45) is 1.25. The zero-order chi connectivity index (χ0) is 19.4. The predicted molar refractivity (Wildman–Crippen MR) is 100 cm³/mol. The molecule has 0 aliphatic heterocycles. The summed E-state index contributed by atoms with van der Waals surface area (Å²) in [5.41, 5.74) is 2.59. The molecule has 27 heavy (non-hydrogen) atoms. The molecular weight excluding hydrogens is 350 g/mol. The first kappa shape index (κ1) is 17.9. The van der Waals surface area contributed by atoms with E-state index in [0.29, 0.717) is 16.9 Å². The minimum absolute atomic E-state index is 0.310. The fourth-order valence-electron chi connectivity index (χ4n) is 2.56. The molecule has 3 aromatic carbocycles. The number of phenols is 1. The monoisotopic (exact) mass is 365 g/mol. The van der Waals surface area contributed by atoms with E-state index >= 15 is 0 Å². The maximum Gasteiger partial charge on any atom is 0.311 e. The van der Waals surface area contributed by atoms with Crippen molar-refractivity contribution in [2.75, 3.05) is 7.11 Å². The third kappa shape index (κ3) is 3.84. The second kappa shape index (κ2) is 7.52. The van der Waals surface area contributed by atoms with E-state index in [1.54, 1.807) is 12.1 Å². The second-order valence-electron chi connectivity index (χ2n) is 5.60. The lowest BCUT2D eigenvalue weighted by Crippen LogP contribution is -2.18. The number of hydrogen-bond acceptors (Lipinski definition) is 6. The molecule has 0 aromatic heterocycles. The van der Waals surface area contributed by atoms with Crippen molar-refractivity contribution in [2.45, 2.75) is 0 Å². The molecule has 0 aliphatic carbocycles. The Kier molecular flexibility index (Phi) is 4.98. The molecule has 0 unspecified atom stereocenters. The van der Waals surface area contributed by atoms with Gasteiger partial charge in [0.1, 0.15) is 5.75 Å². The highest BCUT2D eigenvalue weighted by molar-refractivity contribution is 6.02. The average Bonchev–Trinajstić information content (AvgIpc) is 2.67. The summed E-state index contributed by atoms with van der Waals surface area (Å²) in [7, 11) is 1.47. The molecule has 0 saturated carbocycles. The van der Waals surface area contributed by atoms with Gasteiger partial charge in [0.2, 0.25) is 0 Å². The van der Waals surface area contributed by atoms with Gasteiger partial charge in [-0.15, -0.1) is 0 Å². The van der Waals surface area contributed by atoms with E-state index < -0.39 is 22.3 Å². The summed E-state index contributed by atoms with van der Waals surface area (Å²) in [5, 5.41) is 25.9. The molecule has 3 aromatic rings. The molecule has 0 heterocycles. The maximum atomic E-state index is 12.4. The number of methoxy groups -OCH3 is 1. The van der Waals surface area contributed by atoms with Crippen LogP contribution in [0.4, 0.5) is 5.69 Å². The molecule has 3 rings (SSSR count). The van der Waals surface area contributed by atoms with Crippen LogP contribution in [0, 0.1) is 10.1 Å². The van der Waals surface area contributed by atoms with Crippen LogP contribution in [0.25, 0.3) is 10.8 Å². The number of hydrogen-bond donors (Lipinski definition) is 2. The van der Waals surface area contributed by atoms with Crippen LogP contribution in [0.15, 0.2) is 59.7 Å². The lowest BCUT2D eigenvalue weighted by Gasteiger charge is -2.09. The highest BCUT2D eigenvalue weighted by Gasteiger charge is 2.14. The van der Waals surface area contributed by atoms with Crippen LogP contribution in [-0.2, 0) is 0 Å². The molecule has 8 heteroatoms. The first-order chi connectivity index (χ1) is 13.0. The van der Waals surface area contributed by atoms with Crippen molar-refractivity contribution in [3.8, 4) is 11.5 Å². The fraction of sp³-hybridized carbons (Fsp3) is 0.0526. The number of hydrazone groups is 1. The van der Waals surface area contributed by atoms with Crippen molar-refractivity contribution in [3.05, 3.63) is 75.8 Å². The first-order valence-electron chi connectivity index (χ1n) is 7.87. The quantitative estimate of drug-likeness (QED) is 0.409. The molecule has 0 fully saturated rings. The van der Waals surface area contributed by atoms with E-state index in [2.05, 4.69) is 10.5 Å². The number of carbonyl (C=O) groups excluding carboxylic acids is 1. The summed E-state index contributed by atoms with van der Waals surface area (Å²) in [6.45, 7) is 0. The van der Waals surface area contributed by atoms with Crippen LogP contribution in [0.5, 0.6) is 11.5 Å². The molecule has 0 radical (unpaired) electrons. The van der Waals surface area contributed by atoms with Crippen LogP contribution in [0.1, 0.15) is 15.9 Å². The number of benzene rings is 3. The van der Waals surface area contributed by atoms with Gasteiger partial charge in [0.05, 0.1) is 23.8 Å². The first-order valence-corrected chi connectivity index (χ1v) is 7.87. The number of nitrogens with one attached hydrogen (secondary N) is 1. The molecule has 1 amide bonds. The smallest absolute Gasteiger partial charge is 0.311 e. The van der Waals surface area contributed by atoms with E-state index in [1.165, 1.54) is 25.5 Å². The van der Waals surface area contributed by atoms with Gasteiger partial charge >= 0.3 is 5.69 Å². The Morgan fingerprint density at radius 3 is 2.56 bits per heavy atom. The Hall–Kier alpha value is -3.94. The third-order valence-electron chi connectivity index (χ3n) is 3.89. The summed E-state index contributed by atoms with van der Waals surface area (Å²) < 4.78 is 5.28. The second-order valence-corrected chi connectivity index (χ2v) is 5.60. The summed E-state index contributed by atoms with van der Waals surface area (Å²) in [4.78, 5) is 22.6. The molecule has 0 spiro atoms. The van der Waals surface area contributed by atoms with Crippen molar-refractivity contribution in [1.82, 2.24) is 5.43 Å². The Morgan fingerprint density at radius 1 is 1.19 bits per heavy atom. The minimum Gasteiger partial charge on any atom is -0.502 e. The summed E-state index contributed by atoms with van der Waals surface area (Å²) >= 11 is 0. The van der Waals surface area contributed by atoms with Crippen LogP contribution in [0.3, 0.4) is 0 Å². The number of nitro benzene ring substituents is 1. The zero-order valence-electron chi connectivity index (χ0n) is 14.2. The molecular formula is C19H15N3O5. The van der Waals surface area contributed by atoms with Crippen LogP contribution in [-0.4, -0.2) is 29.3 Å². The van der Waals surface area contributed by atoms with Gasteiger partial charge in [0.25, 0.3) is 5.91 Å². The highest BCUT2D eigenvalue weighted by Crippen LogP contribution is 2.26. The SMILES string of the molecule is COc1cc2ccccc2cc1C(=O)N/N=C\c1ccc(O)c([N+](=O)[O-])c1. The molecule has 8 nitrogen and oxygen atoms in total. The number of nitro groups is 1. The number of aromatic hydroxyl groups is 1. The van der Waals surface area contributed by atoms with E-state index in [1.807, 2.05) is 24.3 Å². The largest absolute Gasteiger partial charge is 0.502 e. The number of rotatable bonds is 5. The van der Waals surface area contributed by atoms with Crippen molar-refractivity contribution < 1.29 is 19.6 Å². The fourth-order valence-corrected chi connectivity index (χ4v) is 2.56. The average molecular weight is 365 g/mol. The van der Waals surface area contributed by atoms with Crippen LogP contribution < -0.4 is 10.2 Å². The van der Waals surface area contributed by atoms with Crippen molar-refractivity contribution in [1.29, 1.82) is 0 Å². The topological polar surface area (TPSA) is 114 Å². The Morgan fingerprint density at radius 2 is 1.89 bits per heavy atom. The minimum atomic E-state index is -0.703. The molecule has 0 aliphatic rings. The Balaban J connectivity index is 1.82. The molecule has 2 N–H and O–H groups in total. The molecule has 0 bridgehead atoms. The van der Waals surface area contributed by atoms with Gasteiger partial charge in [0.15, 0.2) is 5.75 Å². The standard InChI is InChI=1S/C19H15N3O5/c1-27-18-10-14-5-3-2-4-13(14)9-15(18)19(24)21-20-11-12-6-7-17(23)16(8-12)22(25)26/h2-11,23H,1H3,(H,21,24)/b20-11-. The lowest BCUT2D eigenvalue weighted by atomic mass is 10.1. The van der Waals surface area contributed by atoms with E-state index in [0.717, 1.165) is 16.8 Å². The van der Waals surface area contributed by atoms with Gasteiger partial charge in [0, 0.05) is 11.6 Å². The van der Waals surface area contributed by atoms with E-state index in [-0.39, 0.29) is 0 Å². The summed E-state index contributed by atoms with van der Waals surface area (Å²) in [5.74, 6) is -0.522. The third-order valence-corrected chi connectivity index (χ3v) is 3.89. The van der Waals surface area contributed by atoms with Gasteiger partial charge in [-0.3, -0.25) is 14.9 Å². The van der Waals surface area contributed by atoms with Crippen molar-refractivity contribution >= 4 is 28.6 Å². The molecule has 0 atom stereocenters. The molecule has 0 saturated heterocycles. The van der Waals surface area contributed by atoms with Crippen molar-refractivity contribution in [3.63, 3.8) is 0 Å². The zero-order valence-corrected chi connectivity index (χ0v) is 14.2. The maximum absolute atomic E-state index is 12.4. The lowest BCUT2D eigenvalue weighted by molar-refractivity contribution is -0.385. The number of amides is 1. The van der Waals surface area contributed by atoms with Crippen LogP contribution in [0.2, 0.25) is 0 Å². The Labute approximate surface area is 153 Å². The molecule has 136 valence electrons. The van der Waals surface area contributed by atoms with Gasteiger partial charge in [-0.1, -0.05) is 24.3 Å². The normalized spacial score (nSPS) is 10.9. The van der Waals surface area contributed by atoms with Crippen molar-refractivity contribution in [2.24, 2.45) is 5.10 Å². The van der Waals surface area contributed by atoms with E-state index in [4.69, 9.17) is 4.74 Å². The van der Waals surface area contributed by atoms with Gasteiger partial charge in [-0.25, -0.2) is 5.43 Å². The number of fused-ring (bicyclic) bond motifs is 1. The Bertz CT molecular complexity index is 1060. The van der Waals surface area contributed by atoms with E-state index in [9.17, 15) is 20.0 Å². The number of carbonyl (C=O) groups is 1. The number of phenolic OH excluding ortho intramolecular Hbond substituents is 1. The number of nitrogens with zero attached hydrogens (tertiary/aromatic N) is 2. The van der Waals surface area contributed by atoms with Crippen LogP contribution >= 0.6 is 0 Å². The highest BCUT2D eigenvalue weighted by atomic mass is 16.6. The van der Waals surface area contributed by atoms with Gasteiger partial charge in [-0.05, 0) is 35.0 Å². The summed E-state index contributed by atoms with van der Waals surface area (Å²) in [6, 6.07) is 14.8. The predicted octanol–water partition coefficient (Wildman–Crippen LogP) is 3.23.